The van der Waals surface area contributed by atoms with Crippen molar-refractivity contribution in [1.82, 2.24) is 0 Å². The molecule has 3 aromatic rings. The molecule has 0 radical (unpaired) electrons. The standard InChI is InChI=1S/C22H21NO3S2/c1-3-26-22(25)19-18(16-7-5-4-6-8-16)14-28-21(19)23-20(24)17-11-9-15(10-12-17)13-27-2/h4-12,14H,3,13H2,1-2H3,(H,23,24). The van der Waals surface area contributed by atoms with E-state index in [1.54, 1.807) is 30.8 Å². The lowest BCUT2D eigenvalue weighted by molar-refractivity contribution is 0.0529. The maximum atomic E-state index is 12.7. The molecule has 0 bridgehead atoms. The highest BCUT2D eigenvalue weighted by atomic mass is 32.2. The number of thiophene rings is 1. The second-order valence-electron chi connectivity index (χ2n) is 6.02. The van der Waals surface area contributed by atoms with Crippen LogP contribution in [0.2, 0.25) is 0 Å². The summed E-state index contributed by atoms with van der Waals surface area (Å²) in [6.07, 6.45) is 2.04. The highest BCUT2D eigenvalue weighted by Crippen LogP contribution is 2.36. The van der Waals surface area contributed by atoms with Crippen molar-refractivity contribution >= 4 is 40.0 Å². The molecule has 2 aromatic carbocycles. The second kappa shape index (κ2) is 9.57. The van der Waals surface area contributed by atoms with Gasteiger partial charge in [0.05, 0.1) is 6.61 Å². The van der Waals surface area contributed by atoms with Crippen LogP contribution < -0.4 is 5.32 Å². The van der Waals surface area contributed by atoms with Crippen molar-refractivity contribution in [3.8, 4) is 11.1 Å². The van der Waals surface area contributed by atoms with Crippen LogP contribution in [0.4, 0.5) is 5.00 Å². The average Bonchev–Trinajstić information content (AvgIpc) is 3.13. The molecule has 0 aliphatic heterocycles. The summed E-state index contributed by atoms with van der Waals surface area (Å²) in [7, 11) is 0. The largest absolute Gasteiger partial charge is 0.462 e. The quantitative estimate of drug-likeness (QED) is 0.506. The maximum absolute atomic E-state index is 12.7. The van der Waals surface area contributed by atoms with E-state index in [2.05, 4.69) is 5.32 Å². The van der Waals surface area contributed by atoms with Crippen LogP contribution in [0, 0.1) is 0 Å². The summed E-state index contributed by atoms with van der Waals surface area (Å²) in [5, 5.41) is 5.25. The van der Waals surface area contributed by atoms with Crippen molar-refractivity contribution < 1.29 is 14.3 Å². The van der Waals surface area contributed by atoms with Gasteiger partial charge in [0.1, 0.15) is 10.6 Å². The molecule has 0 aliphatic rings. The van der Waals surface area contributed by atoms with Gasteiger partial charge in [0, 0.05) is 22.3 Å². The van der Waals surface area contributed by atoms with Gasteiger partial charge in [0.2, 0.25) is 0 Å². The van der Waals surface area contributed by atoms with Crippen molar-refractivity contribution in [3.05, 3.63) is 76.7 Å². The number of amides is 1. The molecule has 0 saturated heterocycles. The zero-order chi connectivity index (χ0) is 19.9. The molecule has 1 amide bonds. The van der Waals surface area contributed by atoms with Crippen LogP contribution in [-0.2, 0) is 10.5 Å². The number of hydrogen-bond acceptors (Lipinski definition) is 5. The number of benzene rings is 2. The minimum absolute atomic E-state index is 0.247. The Morgan fingerprint density at radius 1 is 1.07 bits per heavy atom. The Morgan fingerprint density at radius 2 is 1.79 bits per heavy atom. The molecule has 0 fully saturated rings. The Hall–Kier alpha value is -2.57. The minimum atomic E-state index is -0.437. The first-order chi connectivity index (χ1) is 13.6. The van der Waals surface area contributed by atoms with Gasteiger partial charge in [-0.05, 0) is 36.4 Å². The number of thioether (sulfide) groups is 1. The summed E-state index contributed by atoms with van der Waals surface area (Å²) in [5.74, 6) is 0.219. The third kappa shape index (κ3) is 4.64. The van der Waals surface area contributed by atoms with E-state index < -0.39 is 5.97 Å². The molecule has 1 aromatic heterocycles. The van der Waals surface area contributed by atoms with Gasteiger partial charge in [0.25, 0.3) is 5.91 Å². The predicted octanol–water partition coefficient (Wildman–Crippen LogP) is 5.71. The van der Waals surface area contributed by atoms with Crippen molar-refractivity contribution in [2.75, 3.05) is 18.2 Å². The molecule has 0 saturated carbocycles. The molecule has 0 unspecified atom stereocenters. The van der Waals surface area contributed by atoms with Gasteiger partial charge in [-0.2, -0.15) is 11.8 Å². The number of esters is 1. The summed E-state index contributed by atoms with van der Waals surface area (Å²) < 4.78 is 5.23. The summed E-state index contributed by atoms with van der Waals surface area (Å²) in [6.45, 7) is 2.04. The molecular weight excluding hydrogens is 390 g/mol. The monoisotopic (exact) mass is 411 g/mol. The third-order valence-electron chi connectivity index (χ3n) is 4.11. The zero-order valence-electron chi connectivity index (χ0n) is 15.7. The van der Waals surface area contributed by atoms with E-state index in [9.17, 15) is 9.59 Å². The Kier molecular flexibility index (Phi) is 6.90. The zero-order valence-corrected chi connectivity index (χ0v) is 17.4. The number of rotatable bonds is 7. The third-order valence-corrected chi connectivity index (χ3v) is 5.63. The predicted molar refractivity (Wildman–Crippen MR) is 117 cm³/mol. The highest BCUT2D eigenvalue weighted by molar-refractivity contribution is 7.97. The van der Waals surface area contributed by atoms with Gasteiger partial charge in [0.15, 0.2) is 0 Å². The second-order valence-corrected chi connectivity index (χ2v) is 7.77. The van der Waals surface area contributed by atoms with Crippen LogP contribution >= 0.6 is 23.1 Å². The molecule has 3 rings (SSSR count). The summed E-state index contributed by atoms with van der Waals surface area (Å²) in [6, 6.07) is 17.1. The van der Waals surface area contributed by atoms with Gasteiger partial charge in [-0.15, -0.1) is 11.3 Å². The van der Waals surface area contributed by atoms with Gasteiger partial charge in [-0.3, -0.25) is 4.79 Å². The van der Waals surface area contributed by atoms with Gasteiger partial charge >= 0.3 is 5.97 Å². The number of ether oxygens (including phenoxy) is 1. The number of anilines is 1. The van der Waals surface area contributed by atoms with Crippen molar-refractivity contribution in [1.29, 1.82) is 0 Å². The van der Waals surface area contributed by atoms with E-state index >= 15 is 0 Å². The van der Waals surface area contributed by atoms with E-state index in [1.807, 2.05) is 54.1 Å². The maximum Gasteiger partial charge on any atom is 0.341 e. The van der Waals surface area contributed by atoms with E-state index in [1.165, 1.54) is 16.9 Å². The Labute approximate surface area is 172 Å². The first-order valence-corrected chi connectivity index (χ1v) is 11.1. The van der Waals surface area contributed by atoms with Crippen LogP contribution in [-0.4, -0.2) is 24.7 Å². The van der Waals surface area contributed by atoms with Crippen LogP contribution in [0.15, 0.2) is 60.0 Å². The molecule has 0 spiro atoms. The van der Waals surface area contributed by atoms with Crippen molar-refractivity contribution in [3.63, 3.8) is 0 Å². The lowest BCUT2D eigenvalue weighted by atomic mass is 10.0. The Morgan fingerprint density at radius 3 is 2.43 bits per heavy atom. The first kappa shape index (κ1) is 20.2. The highest BCUT2D eigenvalue weighted by Gasteiger charge is 2.23. The lowest BCUT2D eigenvalue weighted by Gasteiger charge is -2.09. The molecule has 0 atom stereocenters. The number of hydrogen-bond donors (Lipinski definition) is 1. The number of nitrogens with one attached hydrogen (secondary N) is 1. The number of carbonyl (C=O) groups is 2. The Bertz CT molecular complexity index is 950. The smallest absolute Gasteiger partial charge is 0.341 e. The molecule has 1 N–H and O–H groups in total. The number of carbonyl (C=O) groups excluding carboxylic acids is 2. The van der Waals surface area contributed by atoms with Crippen LogP contribution in [0.5, 0.6) is 0 Å². The fraction of sp³-hybridized carbons (Fsp3) is 0.182. The van der Waals surface area contributed by atoms with Gasteiger partial charge in [-0.1, -0.05) is 42.5 Å². The lowest BCUT2D eigenvalue weighted by Crippen LogP contribution is -2.14. The summed E-state index contributed by atoms with van der Waals surface area (Å²) >= 11 is 3.06. The topological polar surface area (TPSA) is 55.4 Å². The first-order valence-electron chi connectivity index (χ1n) is 8.87. The molecule has 6 heteroatoms. The van der Waals surface area contributed by atoms with E-state index in [-0.39, 0.29) is 12.5 Å². The molecule has 4 nitrogen and oxygen atoms in total. The Balaban J connectivity index is 1.89. The molecule has 0 aliphatic carbocycles. The minimum Gasteiger partial charge on any atom is -0.462 e. The fourth-order valence-corrected chi connectivity index (χ4v) is 4.26. The summed E-state index contributed by atoms with van der Waals surface area (Å²) in [4.78, 5) is 25.3. The summed E-state index contributed by atoms with van der Waals surface area (Å²) in [5.41, 5.74) is 3.77. The van der Waals surface area contributed by atoms with E-state index in [0.29, 0.717) is 16.1 Å². The average molecular weight is 412 g/mol. The van der Waals surface area contributed by atoms with Gasteiger partial charge in [-0.25, -0.2) is 4.79 Å². The molecular formula is C22H21NO3S2. The SMILES string of the molecule is CCOC(=O)c1c(-c2ccccc2)csc1NC(=O)c1ccc(CSC)cc1. The van der Waals surface area contributed by atoms with Crippen molar-refractivity contribution in [2.45, 2.75) is 12.7 Å². The van der Waals surface area contributed by atoms with Gasteiger partial charge < -0.3 is 10.1 Å². The fourth-order valence-electron chi connectivity index (χ4n) is 2.78. The van der Waals surface area contributed by atoms with E-state index in [0.717, 1.165) is 16.9 Å². The molecule has 144 valence electrons. The molecule has 1 heterocycles. The molecule has 28 heavy (non-hydrogen) atoms. The van der Waals surface area contributed by atoms with Crippen molar-refractivity contribution in [2.24, 2.45) is 0 Å². The van der Waals surface area contributed by atoms with Crippen LogP contribution in [0.25, 0.3) is 11.1 Å². The van der Waals surface area contributed by atoms with Crippen LogP contribution in [0.3, 0.4) is 0 Å². The normalized spacial score (nSPS) is 10.5. The van der Waals surface area contributed by atoms with Crippen LogP contribution in [0.1, 0.15) is 33.2 Å². The van der Waals surface area contributed by atoms with E-state index in [4.69, 9.17) is 4.74 Å².